The Morgan fingerprint density at radius 3 is 2.73 bits per heavy atom. The lowest BCUT2D eigenvalue weighted by atomic mass is 9.99. The molecule has 1 aliphatic rings. The number of cyclic esters (lactones) is 1. The van der Waals surface area contributed by atoms with Crippen molar-refractivity contribution in [2.75, 3.05) is 6.61 Å². The number of hydrogen-bond donors (Lipinski definition) is 2. The highest BCUT2D eigenvalue weighted by molar-refractivity contribution is 5.95. The Hall–Kier alpha value is -1.13. The summed E-state index contributed by atoms with van der Waals surface area (Å²) in [5.74, 6) is -0.439. The van der Waals surface area contributed by atoms with Crippen LogP contribution in [0.15, 0.2) is 23.3 Å². The Kier molecular flexibility index (Phi) is 4.05. The van der Waals surface area contributed by atoms with E-state index in [1.165, 1.54) is 0 Å². The molecule has 0 bridgehead atoms. The van der Waals surface area contributed by atoms with Gasteiger partial charge in [0.2, 0.25) is 0 Å². The smallest absolute Gasteiger partial charge is 0.338 e. The maximum absolute atomic E-state index is 11.3. The molecule has 4 heteroatoms. The second-order valence-electron chi connectivity index (χ2n) is 3.44. The van der Waals surface area contributed by atoms with Crippen molar-refractivity contribution in [2.24, 2.45) is 0 Å². The van der Waals surface area contributed by atoms with Gasteiger partial charge in [0.05, 0.1) is 11.7 Å². The monoisotopic (exact) mass is 212 g/mol. The van der Waals surface area contributed by atoms with Crippen LogP contribution >= 0.6 is 0 Å². The van der Waals surface area contributed by atoms with Crippen LogP contribution in [-0.2, 0) is 9.53 Å². The highest BCUT2D eigenvalue weighted by Crippen LogP contribution is 2.22. The molecule has 0 aromatic heterocycles. The standard InChI is InChI=1S/C11H16O4/c1-3-5-7-8(6-15-11(7)14)10(13)9(12)4-2/h3,5,9-10,12-13H,4,6H2,1-2H3/b5-3+/t9-,10+/m0/s1. The van der Waals surface area contributed by atoms with Crippen molar-refractivity contribution < 1.29 is 19.7 Å². The van der Waals surface area contributed by atoms with E-state index < -0.39 is 18.2 Å². The number of carbonyl (C=O) groups excluding carboxylic acids is 1. The van der Waals surface area contributed by atoms with E-state index in [0.29, 0.717) is 17.6 Å². The molecule has 0 spiro atoms. The molecule has 2 atom stereocenters. The molecule has 0 radical (unpaired) electrons. The third kappa shape index (κ3) is 2.46. The van der Waals surface area contributed by atoms with Crippen LogP contribution in [0.25, 0.3) is 0 Å². The van der Waals surface area contributed by atoms with E-state index in [2.05, 4.69) is 0 Å². The van der Waals surface area contributed by atoms with Gasteiger partial charge in [0.25, 0.3) is 0 Å². The molecule has 0 fully saturated rings. The SMILES string of the molecule is C/C=C/C1=C([C@@H](O)[C@@H](O)CC)COC1=O. The Morgan fingerprint density at radius 1 is 1.53 bits per heavy atom. The Balaban J connectivity index is 2.95. The summed E-state index contributed by atoms with van der Waals surface area (Å²) in [5.41, 5.74) is 0.824. The van der Waals surface area contributed by atoms with Gasteiger partial charge in [0.15, 0.2) is 0 Å². The fraction of sp³-hybridized carbons (Fsp3) is 0.545. The number of carbonyl (C=O) groups is 1. The van der Waals surface area contributed by atoms with Crippen molar-refractivity contribution in [1.82, 2.24) is 0 Å². The number of rotatable bonds is 4. The lowest BCUT2D eigenvalue weighted by Crippen LogP contribution is -2.28. The molecule has 1 heterocycles. The van der Waals surface area contributed by atoms with Crippen molar-refractivity contribution in [3.8, 4) is 0 Å². The van der Waals surface area contributed by atoms with E-state index in [4.69, 9.17) is 4.74 Å². The molecule has 84 valence electrons. The minimum atomic E-state index is -1.02. The first-order valence-electron chi connectivity index (χ1n) is 5.00. The molecule has 0 saturated heterocycles. The maximum atomic E-state index is 11.3. The van der Waals surface area contributed by atoms with Gasteiger partial charge in [-0.3, -0.25) is 0 Å². The van der Waals surface area contributed by atoms with Crippen molar-refractivity contribution in [3.05, 3.63) is 23.3 Å². The van der Waals surface area contributed by atoms with Gasteiger partial charge in [-0.15, -0.1) is 0 Å². The number of esters is 1. The van der Waals surface area contributed by atoms with E-state index in [1.807, 2.05) is 0 Å². The normalized spacial score (nSPS) is 20.9. The average molecular weight is 212 g/mol. The highest BCUT2D eigenvalue weighted by Gasteiger charge is 2.30. The van der Waals surface area contributed by atoms with Gasteiger partial charge in [-0.1, -0.05) is 19.1 Å². The fourth-order valence-electron chi connectivity index (χ4n) is 1.47. The van der Waals surface area contributed by atoms with Gasteiger partial charge < -0.3 is 14.9 Å². The summed E-state index contributed by atoms with van der Waals surface area (Å²) >= 11 is 0. The molecule has 2 N–H and O–H groups in total. The number of ether oxygens (including phenoxy) is 1. The average Bonchev–Trinajstić information content (AvgIpc) is 2.59. The summed E-state index contributed by atoms with van der Waals surface area (Å²) in [4.78, 5) is 11.3. The molecule has 0 saturated carbocycles. The van der Waals surface area contributed by atoms with E-state index in [-0.39, 0.29) is 6.61 Å². The van der Waals surface area contributed by atoms with Crippen LogP contribution in [0.3, 0.4) is 0 Å². The molecule has 1 rings (SSSR count). The zero-order valence-corrected chi connectivity index (χ0v) is 8.93. The zero-order chi connectivity index (χ0) is 11.4. The summed E-state index contributed by atoms with van der Waals surface area (Å²) in [5, 5.41) is 19.2. The Morgan fingerprint density at radius 2 is 2.20 bits per heavy atom. The quantitative estimate of drug-likeness (QED) is 0.668. The molecule has 15 heavy (non-hydrogen) atoms. The lowest BCUT2D eigenvalue weighted by molar-refractivity contribution is -0.135. The van der Waals surface area contributed by atoms with Crippen molar-refractivity contribution in [2.45, 2.75) is 32.5 Å². The molecule has 0 amide bonds. The summed E-state index contributed by atoms with van der Waals surface area (Å²) in [6.07, 6.45) is 1.85. The van der Waals surface area contributed by atoms with Gasteiger partial charge >= 0.3 is 5.97 Å². The topological polar surface area (TPSA) is 66.8 Å². The van der Waals surface area contributed by atoms with Crippen LogP contribution in [0, 0.1) is 0 Å². The molecule has 0 aromatic carbocycles. The zero-order valence-electron chi connectivity index (χ0n) is 8.93. The summed E-state index contributed by atoms with van der Waals surface area (Å²) < 4.78 is 4.81. The molecule has 1 aliphatic heterocycles. The minimum Gasteiger partial charge on any atom is -0.457 e. The van der Waals surface area contributed by atoms with Crippen LogP contribution in [0.1, 0.15) is 20.3 Å². The Bertz CT molecular complexity index is 304. The molecule has 0 aliphatic carbocycles. The summed E-state index contributed by atoms with van der Waals surface area (Å²) in [6.45, 7) is 3.61. The number of hydrogen-bond acceptors (Lipinski definition) is 4. The first-order chi connectivity index (χ1) is 7.11. The van der Waals surface area contributed by atoms with E-state index >= 15 is 0 Å². The molecule has 4 nitrogen and oxygen atoms in total. The van der Waals surface area contributed by atoms with Gasteiger partial charge in [-0.05, 0) is 13.3 Å². The first kappa shape index (κ1) is 11.9. The van der Waals surface area contributed by atoms with Crippen molar-refractivity contribution in [1.29, 1.82) is 0 Å². The molecular weight excluding hydrogens is 196 g/mol. The van der Waals surface area contributed by atoms with Gasteiger partial charge in [-0.25, -0.2) is 4.79 Å². The largest absolute Gasteiger partial charge is 0.457 e. The van der Waals surface area contributed by atoms with E-state index in [0.717, 1.165) is 0 Å². The summed E-state index contributed by atoms with van der Waals surface area (Å²) in [6, 6.07) is 0. The van der Waals surface area contributed by atoms with Gasteiger partial charge in [-0.2, -0.15) is 0 Å². The van der Waals surface area contributed by atoms with E-state index in [9.17, 15) is 15.0 Å². The van der Waals surface area contributed by atoms with Crippen LogP contribution < -0.4 is 0 Å². The second-order valence-corrected chi connectivity index (χ2v) is 3.44. The van der Waals surface area contributed by atoms with Crippen LogP contribution in [0.5, 0.6) is 0 Å². The highest BCUT2D eigenvalue weighted by atomic mass is 16.5. The fourth-order valence-corrected chi connectivity index (χ4v) is 1.47. The van der Waals surface area contributed by atoms with Crippen LogP contribution in [0.4, 0.5) is 0 Å². The number of aliphatic hydroxyl groups excluding tert-OH is 2. The summed E-state index contributed by atoms with van der Waals surface area (Å²) in [7, 11) is 0. The minimum absolute atomic E-state index is 0.0662. The molecule has 0 aromatic rings. The van der Waals surface area contributed by atoms with Crippen molar-refractivity contribution in [3.63, 3.8) is 0 Å². The van der Waals surface area contributed by atoms with Crippen molar-refractivity contribution >= 4 is 5.97 Å². The van der Waals surface area contributed by atoms with Gasteiger partial charge in [0.1, 0.15) is 12.7 Å². The lowest BCUT2D eigenvalue weighted by Gasteiger charge is -2.16. The van der Waals surface area contributed by atoms with E-state index in [1.54, 1.807) is 26.0 Å². The second kappa shape index (κ2) is 5.09. The third-order valence-corrected chi connectivity index (χ3v) is 2.40. The van der Waals surface area contributed by atoms with Crippen LogP contribution in [0.2, 0.25) is 0 Å². The maximum Gasteiger partial charge on any atom is 0.338 e. The number of aliphatic hydroxyl groups is 2. The third-order valence-electron chi connectivity index (χ3n) is 2.40. The first-order valence-corrected chi connectivity index (χ1v) is 5.00. The number of allylic oxidation sites excluding steroid dienone is 1. The molecular formula is C11H16O4. The van der Waals surface area contributed by atoms with Gasteiger partial charge in [0, 0.05) is 5.57 Å². The predicted molar refractivity (Wildman–Crippen MR) is 55.1 cm³/mol. The predicted octanol–water partition coefficient (Wildman–Crippen LogP) is 0.548. The molecule has 0 unspecified atom stereocenters. The van der Waals surface area contributed by atoms with Crippen LogP contribution in [-0.4, -0.2) is 35.0 Å². The Labute approximate surface area is 88.9 Å².